The molecule has 4 atom stereocenters. The Morgan fingerprint density at radius 2 is 1.25 bits per heavy atom. The molecule has 0 saturated carbocycles. The third kappa shape index (κ3) is 14.7. The van der Waals surface area contributed by atoms with Crippen molar-refractivity contribution in [1.29, 1.82) is 0 Å². The number of nitrogens with one attached hydrogen (secondary N) is 3. The van der Waals surface area contributed by atoms with Crippen molar-refractivity contribution in [2.24, 2.45) is 33.7 Å². The molecule has 4 unspecified atom stereocenters. The number of hydrogen-bond donors (Lipinski definition) is 10. The van der Waals surface area contributed by atoms with Gasteiger partial charge in [0.25, 0.3) is 0 Å². The number of rotatable bonds is 20. The molecule has 15 heteroatoms. The summed E-state index contributed by atoms with van der Waals surface area (Å²) < 4.78 is 0. The molecule has 0 aromatic heterocycles. The van der Waals surface area contributed by atoms with Crippen LogP contribution in [-0.2, 0) is 19.2 Å². The highest BCUT2D eigenvalue weighted by Crippen LogP contribution is 2.06. The highest BCUT2D eigenvalue weighted by atomic mass is 32.1. The van der Waals surface area contributed by atoms with Crippen LogP contribution in [0.3, 0.4) is 0 Å². The molecule has 0 aromatic rings. The standard InChI is InChI=1S/C21H43N9O5S/c22-9-3-1-6-13(24)17(31)28-14(7-2-4-10-23)18(32)30-16(12-36)19(33)29-15(20(34)35)8-5-11-27-21(25)26/h13-16,36H,1-12,22-24H2,(H,28,31)(H,29,33)(H,30,32)(H,34,35)(H4,25,26,27). The highest BCUT2D eigenvalue weighted by Gasteiger charge is 2.29. The van der Waals surface area contributed by atoms with Gasteiger partial charge in [0.05, 0.1) is 6.04 Å². The zero-order valence-corrected chi connectivity index (χ0v) is 21.6. The SMILES string of the molecule is NCCCCC(N)C(=O)NC(CCCCN)C(=O)NC(CS)C(=O)NC(CCCN=C(N)N)C(=O)O. The summed E-state index contributed by atoms with van der Waals surface area (Å²) in [5.74, 6) is -3.28. The molecule has 0 aliphatic rings. The lowest BCUT2D eigenvalue weighted by molar-refractivity contribution is -0.142. The molecule has 14 nitrogen and oxygen atoms in total. The summed E-state index contributed by atoms with van der Waals surface area (Å²) in [6.45, 7) is 1.11. The average molecular weight is 534 g/mol. The second kappa shape index (κ2) is 19.6. The molecule has 0 fully saturated rings. The lowest BCUT2D eigenvalue weighted by Gasteiger charge is -2.24. The Balaban J connectivity index is 5.16. The maximum atomic E-state index is 12.9. The van der Waals surface area contributed by atoms with Gasteiger partial charge in [-0.25, -0.2) is 4.79 Å². The Labute approximate surface area is 217 Å². The Morgan fingerprint density at radius 3 is 1.78 bits per heavy atom. The number of carboxylic acids is 1. The van der Waals surface area contributed by atoms with Crippen LogP contribution in [0.1, 0.15) is 51.4 Å². The molecule has 36 heavy (non-hydrogen) atoms. The van der Waals surface area contributed by atoms with Crippen molar-refractivity contribution in [2.75, 3.05) is 25.4 Å². The van der Waals surface area contributed by atoms with Gasteiger partial charge >= 0.3 is 5.97 Å². The number of hydrogen-bond acceptors (Lipinski definition) is 9. The van der Waals surface area contributed by atoms with Crippen molar-refractivity contribution in [3.63, 3.8) is 0 Å². The van der Waals surface area contributed by atoms with Crippen molar-refractivity contribution < 1.29 is 24.3 Å². The van der Waals surface area contributed by atoms with E-state index in [-0.39, 0.29) is 31.1 Å². The maximum absolute atomic E-state index is 12.9. The van der Waals surface area contributed by atoms with Crippen LogP contribution in [0.25, 0.3) is 0 Å². The maximum Gasteiger partial charge on any atom is 0.326 e. The van der Waals surface area contributed by atoms with E-state index in [4.69, 9.17) is 28.7 Å². The first-order valence-electron chi connectivity index (χ1n) is 12.0. The van der Waals surface area contributed by atoms with Gasteiger partial charge in [-0.15, -0.1) is 0 Å². The second-order valence-electron chi connectivity index (χ2n) is 8.33. The second-order valence-corrected chi connectivity index (χ2v) is 8.69. The fourth-order valence-electron chi connectivity index (χ4n) is 3.18. The average Bonchev–Trinajstić information content (AvgIpc) is 2.83. The molecule has 0 aromatic carbocycles. The minimum Gasteiger partial charge on any atom is -0.480 e. The number of aliphatic carboxylic acids is 1. The first kappa shape index (κ1) is 33.4. The van der Waals surface area contributed by atoms with Gasteiger partial charge in [-0.1, -0.05) is 6.42 Å². The molecule has 0 heterocycles. The van der Waals surface area contributed by atoms with Crippen LogP contribution < -0.4 is 44.6 Å². The van der Waals surface area contributed by atoms with E-state index < -0.39 is 47.9 Å². The monoisotopic (exact) mass is 533 g/mol. The Hall–Kier alpha value is -2.62. The lowest BCUT2D eigenvalue weighted by atomic mass is 10.1. The van der Waals surface area contributed by atoms with E-state index in [2.05, 4.69) is 33.6 Å². The van der Waals surface area contributed by atoms with Gasteiger partial charge in [0.1, 0.15) is 18.1 Å². The zero-order chi connectivity index (χ0) is 27.5. The van der Waals surface area contributed by atoms with Crippen LogP contribution in [0.4, 0.5) is 0 Å². The van der Waals surface area contributed by atoms with E-state index in [1.54, 1.807) is 0 Å². The summed E-state index contributed by atoms with van der Waals surface area (Å²) in [6, 6.07) is -4.10. The largest absolute Gasteiger partial charge is 0.480 e. The van der Waals surface area contributed by atoms with Crippen molar-refractivity contribution >= 4 is 42.3 Å². The van der Waals surface area contributed by atoms with E-state index in [1.807, 2.05) is 0 Å². The van der Waals surface area contributed by atoms with Crippen LogP contribution in [0.5, 0.6) is 0 Å². The predicted molar refractivity (Wildman–Crippen MR) is 141 cm³/mol. The number of unbranched alkanes of at least 4 members (excludes halogenated alkanes) is 2. The van der Waals surface area contributed by atoms with Crippen LogP contribution >= 0.6 is 12.6 Å². The summed E-state index contributed by atoms with van der Waals surface area (Å²) in [7, 11) is 0. The highest BCUT2D eigenvalue weighted by molar-refractivity contribution is 7.80. The van der Waals surface area contributed by atoms with Crippen LogP contribution in [0.15, 0.2) is 4.99 Å². The molecule has 0 spiro atoms. The number of carbonyl (C=O) groups excluding carboxylic acids is 3. The van der Waals surface area contributed by atoms with Gasteiger partial charge in [0.15, 0.2) is 5.96 Å². The number of nitrogens with two attached hydrogens (primary N) is 5. The number of carboxylic acid groups (broad SMARTS) is 1. The normalized spacial score (nSPS) is 14.1. The summed E-state index contributed by atoms with van der Waals surface area (Å²) in [6.07, 6.45) is 3.69. The fraction of sp³-hybridized carbons (Fsp3) is 0.762. The van der Waals surface area contributed by atoms with Crippen LogP contribution in [0.2, 0.25) is 0 Å². The lowest BCUT2D eigenvalue weighted by Crippen LogP contribution is -2.57. The number of nitrogens with zero attached hydrogens (tertiary/aromatic N) is 1. The predicted octanol–water partition coefficient (Wildman–Crippen LogP) is -2.91. The summed E-state index contributed by atoms with van der Waals surface area (Å²) >= 11 is 4.11. The van der Waals surface area contributed by atoms with Gasteiger partial charge in [0, 0.05) is 12.3 Å². The van der Waals surface area contributed by atoms with Gasteiger partial charge in [0.2, 0.25) is 17.7 Å². The summed E-state index contributed by atoms with van der Waals surface area (Å²) in [4.78, 5) is 53.5. The third-order valence-electron chi connectivity index (χ3n) is 5.26. The molecule has 0 aliphatic heterocycles. The molecule has 0 radical (unpaired) electrons. The third-order valence-corrected chi connectivity index (χ3v) is 5.63. The Kier molecular flexibility index (Phi) is 18.1. The van der Waals surface area contributed by atoms with E-state index in [9.17, 15) is 24.3 Å². The first-order valence-corrected chi connectivity index (χ1v) is 12.7. The molecular weight excluding hydrogens is 490 g/mol. The van der Waals surface area contributed by atoms with Crippen molar-refractivity contribution in [2.45, 2.75) is 75.5 Å². The van der Waals surface area contributed by atoms with Crippen molar-refractivity contribution in [3.05, 3.63) is 0 Å². The van der Waals surface area contributed by atoms with Gasteiger partial charge in [-0.2, -0.15) is 12.6 Å². The molecule has 0 saturated heterocycles. The zero-order valence-electron chi connectivity index (χ0n) is 20.7. The molecule has 3 amide bonds. The smallest absolute Gasteiger partial charge is 0.326 e. The van der Waals surface area contributed by atoms with Crippen LogP contribution in [-0.4, -0.2) is 84.3 Å². The Bertz CT molecular complexity index is 722. The summed E-state index contributed by atoms with van der Waals surface area (Å²) in [5, 5.41) is 17.0. The van der Waals surface area contributed by atoms with Crippen molar-refractivity contribution in [3.8, 4) is 0 Å². The van der Waals surface area contributed by atoms with E-state index in [0.29, 0.717) is 45.2 Å². The molecule has 14 N–H and O–H groups in total. The van der Waals surface area contributed by atoms with Gasteiger partial charge in [-0.3, -0.25) is 19.4 Å². The molecule has 0 bridgehead atoms. The quantitative estimate of drug-likeness (QED) is 0.0330. The minimum atomic E-state index is -1.24. The Morgan fingerprint density at radius 1 is 0.750 bits per heavy atom. The minimum absolute atomic E-state index is 0.0743. The first-order chi connectivity index (χ1) is 17.1. The van der Waals surface area contributed by atoms with Crippen molar-refractivity contribution in [1.82, 2.24) is 16.0 Å². The van der Waals surface area contributed by atoms with Gasteiger partial charge in [-0.05, 0) is 58.0 Å². The molecule has 0 rings (SSSR count). The van der Waals surface area contributed by atoms with E-state index >= 15 is 0 Å². The van der Waals surface area contributed by atoms with E-state index in [1.165, 1.54) is 0 Å². The number of amides is 3. The topological polar surface area (TPSA) is 267 Å². The van der Waals surface area contributed by atoms with E-state index in [0.717, 1.165) is 6.42 Å². The molecule has 208 valence electrons. The fourth-order valence-corrected chi connectivity index (χ4v) is 3.44. The molecular formula is C21H43N9O5S. The molecule has 0 aliphatic carbocycles. The van der Waals surface area contributed by atoms with Gasteiger partial charge < -0.3 is 49.7 Å². The number of guanidine groups is 1. The number of carbonyl (C=O) groups is 4. The van der Waals surface area contributed by atoms with Crippen LogP contribution in [0, 0.1) is 0 Å². The number of aliphatic imine (C=N–C) groups is 1. The number of thiol groups is 1. The summed E-state index contributed by atoms with van der Waals surface area (Å²) in [5.41, 5.74) is 27.4.